The number of benzene rings is 1. The molecule has 0 aliphatic rings. The van der Waals surface area contributed by atoms with Crippen molar-refractivity contribution in [1.29, 1.82) is 0 Å². The molecule has 92 valence electrons. The second-order valence-electron chi connectivity index (χ2n) is 3.03. The third kappa shape index (κ3) is 5.74. The van der Waals surface area contributed by atoms with Crippen LogP contribution in [0.5, 0.6) is 5.75 Å². The Kier molecular flexibility index (Phi) is 5.25. The molecular formula is C10H11ClN2O4. The number of hydrogen-bond acceptors (Lipinski definition) is 4. The molecule has 0 spiro atoms. The molecule has 7 heteroatoms. The van der Waals surface area contributed by atoms with E-state index in [1.807, 2.05) is 5.48 Å². The van der Waals surface area contributed by atoms with Crippen LogP contribution in [0.25, 0.3) is 0 Å². The van der Waals surface area contributed by atoms with Crippen LogP contribution < -0.4 is 16.0 Å². The Hall–Kier alpha value is -1.79. The summed E-state index contributed by atoms with van der Waals surface area (Å²) >= 11 is 5.72. The highest BCUT2D eigenvalue weighted by molar-refractivity contribution is 6.30. The largest absolute Gasteiger partial charge is 0.484 e. The molecule has 3 N–H and O–H groups in total. The monoisotopic (exact) mass is 258 g/mol. The molecule has 1 aromatic rings. The molecule has 0 saturated heterocycles. The first-order valence-corrected chi connectivity index (χ1v) is 5.03. The molecule has 1 aromatic carbocycles. The van der Waals surface area contributed by atoms with Crippen LogP contribution in [0.15, 0.2) is 24.3 Å². The first-order valence-electron chi connectivity index (χ1n) is 4.65. The smallest absolute Gasteiger partial charge is 0.281 e. The molecule has 0 unspecified atom stereocenters. The van der Waals surface area contributed by atoms with Gasteiger partial charge in [0.05, 0.1) is 0 Å². The second kappa shape index (κ2) is 6.72. The molecule has 0 atom stereocenters. The normalized spacial score (nSPS) is 9.71. The van der Waals surface area contributed by atoms with Crippen molar-refractivity contribution in [1.82, 2.24) is 5.48 Å². The number of primary amides is 1. The van der Waals surface area contributed by atoms with Crippen LogP contribution in [-0.2, 0) is 14.4 Å². The van der Waals surface area contributed by atoms with E-state index in [0.717, 1.165) is 0 Å². The number of halogens is 1. The fraction of sp³-hybridized carbons (Fsp3) is 0.200. The third-order valence-electron chi connectivity index (χ3n) is 1.57. The first-order chi connectivity index (χ1) is 8.08. The maximum atomic E-state index is 11.1. The lowest BCUT2D eigenvalue weighted by Crippen LogP contribution is -2.32. The molecular weight excluding hydrogens is 248 g/mol. The first kappa shape index (κ1) is 13.3. The van der Waals surface area contributed by atoms with E-state index in [9.17, 15) is 9.59 Å². The van der Waals surface area contributed by atoms with Gasteiger partial charge in [-0.15, -0.1) is 0 Å². The fourth-order valence-electron chi connectivity index (χ4n) is 0.923. The highest BCUT2D eigenvalue weighted by Gasteiger charge is 2.03. The summed E-state index contributed by atoms with van der Waals surface area (Å²) in [5.41, 5.74) is 6.80. The number of amides is 2. The van der Waals surface area contributed by atoms with Crippen molar-refractivity contribution >= 4 is 23.4 Å². The lowest BCUT2D eigenvalue weighted by atomic mass is 10.3. The van der Waals surface area contributed by atoms with Crippen molar-refractivity contribution in [3.05, 3.63) is 29.3 Å². The molecule has 0 aliphatic heterocycles. The van der Waals surface area contributed by atoms with Crippen LogP contribution in [0.1, 0.15) is 0 Å². The van der Waals surface area contributed by atoms with Crippen molar-refractivity contribution in [3.8, 4) is 5.75 Å². The van der Waals surface area contributed by atoms with Crippen LogP contribution in [0.4, 0.5) is 0 Å². The quantitative estimate of drug-likeness (QED) is 0.716. The van der Waals surface area contributed by atoms with Gasteiger partial charge in [0.2, 0.25) is 5.91 Å². The van der Waals surface area contributed by atoms with E-state index in [0.29, 0.717) is 10.8 Å². The standard InChI is InChI=1S/C10H11ClN2O4/c11-7-2-1-3-8(4-7)16-6-10(15)13-17-5-9(12)14/h1-4H,5-6H2,(H2,12,14)(H,13,15). The van der Waals surface area contributed by atoms with Crippen LogP contribution in [0.3, 0.4) is 0 Å². The zero-order chi connectivity index (χ0) is 12.7. The van der Waals surface area contributed by atoms with Crippen LogP contribution >= 0.6 is 11.6 Å². The van der Waals surface area contributed by atoms with E-state index in [-0.39, 0.29) is 13.2 Å². The Morgan fingerprint density at radius 3 is 2.76 bits per heavy atom. The van der Waals surface area contributed by atoms with Gasteiger partial charge in [-0.1, -0.05) is 17.7 Å². The number of nitrogens with two attached hydrogens (primary N) is 1. The summed E-state index contributed by atoms with van der Waals surface area (Å²) < 4.78 is 5.11. The van der Waals surface area contributed by atoms with E-state index >= 15 is 0 Å². The number of hydrogen-bond donors (Lipinski definition) is 2. The van der Waals surface area contributed by atoms with Gasteiger partial charge >= 0.3 is 0 Å². The van der Waals surface area contributed by atoms with Gasteiger partial charge < -0.3 is 10.5 Å². The van der Waals surface area contributed by atoms with Gasteiger partial charge in [0, 0.05) is 5.02 Å². The predicted octanol–water partition coefficient (Wildman–Crippen LogP) is 0.252. The van der Waals surface area contributed by atoms with E-state index in [1.54, 1.807) is 24.3 Å². The van der Waals surface area contributed by atoms with E-state index < -0.39 is 11.8 Å². The molecule has 1 rings (SSSR count). The molecule has 0 aliphatic carbocycles. The number of hydroxylamine groups is 1. The van der Waals surface area contributed by atoms with Crippen LogP contribution in [-0.4, -0.2) is 25.0 Å². The maximum absolute atomic E-state index is 11.1. The van der Waals surface area contributed by atoms with Gasteiger partial charge in [-0.3, -0.25) is 14.4 Å². The minimum atomic E-state index is -0.680. The van der Waals surface area contributed by atoms with Gasteiger partial charge in [0.1, 0.15) is 5.75 Å². The summed E-state index contributed by atoms with van der Waals surface area (Å²) in [6.07, 6.45) is 0. The Morgan fingerprint density at radius 1 is 1.35 bits per heavy atom. The fourth-order valence-corrected chi connectivity index (χ4v) is 1.10. The number of ether oxygens (including phenoxy) is 1. The zero-order valence-electron chi connectivity index (χ0n) is 8.81. The summed E-state index contributed by atoms with van der Waals surface area (Å²) in [7, 11) is 0. The highest BCUT2D eigenvalue weighted by Crippen LogP contribution is 2.16. The van der Waals surface area contributed by atoms with Gasteiger partial charge in [0.15, 0.2) is 13.2 Å². The topological polar surface area (TPSA) is 90.7 Å². The van der Waals surface area contributed by atoms with E-state index in [1.165, 1.54) is 0 Å². The molecule has 17 heavy (non-hydrogen) atoms. The lowest BCUT2D eigenvalue weighted by Gasteiger charge is -2.06. The van der Waals surface area contributed by atoms with Crippen molar-refractivity contribution in [2.45, 2.75) is 0 Å². The van der Waals surface area contributed by atoms with Crippen LogP contribution in [0.2, 0.25) is 5.02 Å². The molecule has 2 amide bonds. The van der Waals surface area contributed by atoms with Crippen molar-refractivity contribution in [2.24, 2.45) is 5.73 Å². The van der Waals surface area contributed by atoms with Gasteiger partial charge in [-0.05, 0) is 18.2 Å². The number of carbonyl (C=O) groups is 2. The molecule has 0 saturated carbocycles. The Morgan fingerprint density at radius 2 is 2.12 bits per heavy atom. The summed E-state index contributed by atoms with van der Waals surface area (Å²) in [5, 5.41) is 0.507. The summed E-state index contributed by atoms with van der Waals surface area (Å²) in [6.45, 7) is -0.637. The van der Waals surface area contributed by atoms with Gasteiger partial charge in [-0.2, -0.15) is 0 Å². The summed E-state index contributed by atoms with van der Waals surface area (Å²) in [6, 6.07) is 6.60. The van der Waals surface area contributed by atoms with Crippen molar-refractivity contribution in [3.63, 3.8) is 0 Å². The van der Waals surface area contributed by atoms with Gasteiger partial charge in [-0.25, -0.2) is 5.48 Å². The minimum Gasteiger partial charge on any atom is -0.484 e. The van der Waals surface area contributed by atoms with Crippen molar-refractivity contribution < 1.29 is 19.2 Å². The van der Waals surface area contributed by atoms with Crippen molar-refractivity contribution in [2.75, 3.05) is 13.2 Å². The predicted molar refractivity (Wildman–Crippen MR) is 60.2 cm³/mol. The molecule has 0 radical (unpaired) electrons. The Balaban J connectivity index is 2.26. The Bertz CT molecular complexity index is 411. The number of nitrogens with one attached hydrogen (secondary N) is 1. The molecule has 0 aromatic heterocycles. The highest BCUT2D eigenvalue weighted by atomic mass is 35.5. The lowest BCUT2D eigenvalue weighted by molar-refractivity contribution is -0.139. The summed E-state index contributed by atoms with van der Waals surface area (Å²) in [4.78, 5) is 25.9. The van der Waals surface area contributed by atoms with Gasteiger partial charge in [0.25, 0.3) is 5.91 Å². The third-order valence-corrected chi connectivity index (χ3v) is 1.80. The molecule has 0 heterocycles. The minimum absolute atomic E-state index is 0.251. The van der Waals surface area contributed by atoms with Crippen LogP contribution in [0, 0.1) is 0 Å². The summed E-state index contributed by atoms with van der Waals surface area (Å²) in [5.74, 6) is -0.755. The Labute approximate surface area is 103 Å². The maximum Gasteiger partial charge on any atom is 0.281 e. The van der Waals surface area contributed by atoms with E-state index in [4.69, 9.17) is 22.1 Å². The molecule has 0 bridgehead atoms. The number of carbonyl (C=O) groups excluding carboxylic acids is 2. The number of rotatable bonds is 6. The SMILES string of the molecule is NC(=O)CONC(=O)COc1cccc(Cl)c1. The second-order valence-corrected chi connectivity index (χ2v) is 3.46. The molecule has 6 nitrogen and oxygen atoms in total. The average Bonchev–Trinajstić information content (AvgIpc) is 2.26. The molecule has 0 fully saturated rings. The van der Waals surface area contributed by atoms with E-state index in [2.05, 4.69) is 4.84 Å². The average molecular weight is 259 g/mol. The zero-order valence-corrected chi connectivity index (χ0v) is 9.57.